The summed E-state index contributed by atoms with van der Waals surface area (Å²) in [4.78, 5) is 2.62. The maximum Gasteiger partial charge on any atom is 0.0166 e. The Morgan fingerprint density at radius 2 is 2.36 bits per heavy atom. The minimum atomic E-state index is 0.804. The molecule has 2 aliphatic rings. The zero-order chi connectivity index (χ0) is 9.80. The minimum absolute atomic E-state index is 0.804. The summed E-state index contributed by atoms with van der Waals surface area (Å²) in [7, 11) is 0. The van der Waals surface area contributed by atoms with Gasteiger partial charge in [-0.2, -0.15) is 11.8 Å². The van der Waals surface area contributed by atoms with Gasteiger partial charge in [-0.3, -0.25) is 4.90 Å². The van der Waals surface area contributed by atoms with E-state index in [0.29, 0.717) is 0 Å². The Bertz CT molecular complexity index is 169. The van der Waals surface area contributed by atoms with E-state index in [-0.39, 0.29) is 0 Å². The summed E-state index contributed by atoms with van der Waals surface area (Å²) >= 11 is 2.09. The number of hydrogen-bond donors (Lipinski definition) is 1. The molecule has 82 valence electrons. The van der Waals surface area contributed by atoms with Crippen LogP contribution in [0.15, 0.2) is 0 Å². The van der Waals surface area contributed by atoms with Crippen molar-refractivity contribution in [3.8, 4) is 0 Å². The molecule has 0 aromatic carbocycles. The first-order valence-electron chi connectivity index (χ1n) is 5.91. The topological polar surface area (TPSA) is 15.3 Å². The van der Waals surface area contributed by atoms with Crippen LogP contribution in [0.25, 0.3) is 0 Å². The molecule has 2 aliphatic heterocycles. The van der Waals surface area contributed by atoms with Gasteiger partial charge in [-0.1, -0.05) is 0 Å². The van der Waals surface area contributed by atoms with Crippen molar-refractivity contribution in [2.24, 2.45) is 0 Å². The van der Waals surface area contributed by atoms with Gasteiger partial charge in [0.05, 0.1) is 0 Å². The van der Waals surface area contributed by atoms with Gasteiger partial charge in [0, 0.05) is 30.9 Å². The van der Waals surface area contributed by atoms with E-state index in [2.05, 4.69) is 28.9 Å². The average molecular weight is 214 g/mol. The lowest BCUT2D eigenvalue weighted by atomic mass is 10.2. The molecule has 2 fully saturated rings. The summed E-state index contributed by atoms with van der Waals surface area (Å²) in [5.74, 6) is 2.69. The van der Waals surface area contributed by atoms with Crippen molar-refractivity contribution in [1.82, 2.24) is 10.2 Å². The Morgan fingerprint density at radius 1 is 1.43 bits per heavy atom. The van der Waals surface area contributed by atoms with E-state index in [1.165, 1.54) is 50.4 Å². The van der Waals surface area contributed by atoms with Crippen LogP contribution in [0.1, 0.15) is 26.2 Å². The van der Waals surface area contributed by atoms with Gasteiger partial charge in [-0.05, 0) is 38.5 Å². The normalized spacial score (nSPS) is 34.1. The van der Waals surface area contributed by atoms with E-state index in [1.54, 1.807) is 0 Å². The van der Waals surface area contributed by atoms with Gasteiger partial charge in [0.25, 0.3) is 0 Å². The minimum Gasteiger partial charge on any atom is -0.312 e. The standard InChI is InChI=1S/C11H22N2S/c1-10-3-2-6-13(10)7-5-12-11-4-8-14-9-11/h10-12H,2-9H2,1H3. The van der Waals surface area contributed by atoms with Crippen LogP contribution in [0.2, 0.25) is 0 Å². The molecule has 2 heterocycles. The van der Waals surface area contributed by atoms with Crippen molar-refractivity contribution in [2.75, 3.05) is 31.1 Å². The van der Waals surface area contributed by atoms with Crippen molar-refractivity contribution in [2.45, 2.75) is 38.3 Å². The molecule has 0 aromatic rings. The molecule has 2 nitrogen and oxygen atoms in total. The van der Waals surface area contributed by atoms with E-state index in [4.69, 9.17) is 0 Å². The molecule has 0 aromatic heterocycles. The monoisotopic (exact) mass is 214 g/mol. The van der Waals surface area contributed by atoms with Gasteiger partial charge >= 0.3 is 0 Å². The molecule has 0 amide bonds. The van der Waals surface area contributed by atoms with Gasteiger partial charge in [0.1, 0.15) is 0 Å². The fraction of sp³-hybridized carbons (Fsp3) is 1.00. The Kier molecular flexibility index (Phi) is 4.14. The SMILES string of the molecule is CC1CCCN1CCNC1CCSC1. The molecule has 14 heavy (non-hydrogen) atoms. The van der Waals surface area contributed by atoms with Gasteiger partial charge in [0.15, 0.2) is 0 Å². The fourth-order valence-corrected chi connectivity index (χ4v) is 3.62. The smallest absolute Gasteiger partial charge is 0.0166 e. The van der Waals surface area contributed by atoms with Crippen LogP contribution in [0.5, 0.6) is 0 Å². The number of rotatable bonds is 4. The van der Waals surface area contributed by atoms with Crippen molar-refractivity contribution >= 4 is 11.8 Å². The third kappa shape index (κ3) is 2.88. The van der Waals surface area contributed by atoms with E-state index in [1.807, 2.05) is 0 Å². The van der Waals surface area contributed by atoms with Crippen molar-refractivity contribution in [3.63, 3.8) is 0 Å². The molecule has 0 saturated carbocycles. The molecule has 0 bridgehead atoms. The van der Waals surface area contributed by atoms with Crippen LogP contribution >= 0.6 is 11.8 Å². The highest BCUT2D eigenvalue weighted by atomic mass is 32.2. The summed E-state index contributed by atoms with van der Waals surface area (Å²) in [6, 6.07) is 1.63. The van der Waals surface area contributed by atoms with Gasteiger partial charge in [-0.25, -0.2) is 0 Å². The molecule has 0 radical (unpaired) electrons. The average Bonchev–Trinajstić information content (AvgIpc) is 2.78. The van der Waals surface area contributed by atoms with E-state index in [9.17, 15) is 0 Å². The molecular weight excluding hydrogens is 192 g/mol. The lowest BCUT2D eigenvalue weighted by Gasteiger charge is -2.22. The first kappa shape index (κ1) is 10.8. The van der Waals surface area contributed by atoms with Gasteiger partial charge in [-0.15, -0.1) is 0 Å². The van der Waals surface area contributed by atoms with Crippen LogP contribution < -0.4 is 5.32 Å². The number of nitrogens with one attached hydrogen (secondary N) is 1. The van der Waals surface area contributed by atoms with Crippen LogP contribution in [-0.2, 0) is 0 Å². The van der Waals surface area contributed by atoms with Crippen molar-refractivity contribution in [3.05, 3.63) is 0 Å². The molecule has 1 N–H and O–H groups in total. The van der Waals surface area contributed by atoms with Crippen LogP contribution in [0, 0.1) is 0 Å². The zero-order valence-electron chi connectivity index (χ0n) is 9.17. The highest BCUT2D eigenvalue weighted by Crippen LogP contribution is 2.17. The molecule has 0 spiro atoms. The zero-order valence-corrected chi connectivity index (χ0v) is 9.98. The van der Waals surface area contributed by atoms with E-state index >= 15 is 0 Å². The Labute approximate surface area is 91.8 Å². The summed E-state index contributed by atoms with van der Waals surface area (Å²) < 4.78 is 0. The van der Waals surface area contributed by atoms with Crippen LogP contribution in [0.4, 0.5) is 0 Å². The second-order valence-corrected chi connectivity index (χ2v) is 5.69. The second-order valence-electron chi connectivity index (χ2n) is 4.54. The highest BCUT2D eigenvalue weighted by molar-refractivity contribution is 7.99. The first-order valence-corrected chi connectivity index (χ1v) is 7.07. The predicted octanol–water partition coefficient (Wildman–Crippen LogP) is 1.57. The van der Waals surface area contributed by atoms with Crippen molar-refractivity contribution < 1.29 is 0 Å². The maximum absolute atomic E-state index is 3.67. The molecular formula is C11H22N2S. The van der Waals surface area contributed by atoms with Gasteiger partial charge in [0.2, 0.25) is 0 Å². The van der Waals surface area contributed by atoms with Crippen molar-refractivity contribution in [1.29, 1.82) is 0 Å². The van der Waals surface area contributed by atoms with E-state index in [0.717, 1.165) is 12.1 Å². The molecule has 2 atom stereocenters. The van der Waals surface area contributed by atoms with Gasteiger partial charge < -0.3 is 5.32 Å². The number of hydrogen-bond acceptors (Lipinski definition) is 3. The highest BCUT2D eigenvalue weighted by Gasteiger charge is 2.20. The maximum atomic E-state index is 3.67. The number of thioether (sulfide) groups is 1. The Morgan fingerprint density at radius 3 is 3.00 bits per heavy atom. The lowest BCUT2D eigenvalue weighted by Crippen LogP contribution is -2.38. The Balaban J connectivity index is 1.57. The fourth-order valence-electron chi connectivity index (χ4n) is 2.43. The predicted molar refractivity (Wildman–Crippen MR) is 64.0 cm³/mol. The third-order valence-corrected chi connectivity index (χ3v) is 4.61. The molecule has 3 heteroatoms. The summed E-state index contributed by atoms with van der Waals surface area (Å²) in [6.07, 6.45) is 4.18. The lowest BCUT2D eigenvalue weighted by molar-refractivity contribution is 0.265. The Hall–Kier alpha value is 0.270. The molecule has 2 saturated heterocycles. The summed E-state index contributed by atoms with van der Waals surface area (Å²) in [5.41, 5.74) is 0. The summed E-state index contributed by atoms with van der Waals surface area (Å²) in [5, 5.41) is 3.67. The number of nitrogens with zero attached hydrogens (tertiary/aromatic N) is 1. The van der Waals surface area contributed by atoms with Crippen LogP contribution in [0.3, 0.4) is 0 Å². The third-order valence-electron chi connectivity index (χ3n) is 3.45. The number of likely N-dealkylation sites (tertiary alicyclic amines) is 1. The van der Waals surface area contributed by atoms with E-state index < -0.39 is 0 Å². The summed E-state index contributed by atoms with van der Waals surface area (Å²) in [6.45, 7) is 6.12. The molecule has 0 aliphatic carbocycles. The second kappa shape index (κ2) is 5.38. The molecule has 2 rings (SSSR count). The first-order chi connectivity index (χ1) is 6.86. The van der Waals surface area contributed by atoms with Crippen LogP contribution in [-0.4, -0.2) is 48.1 Å². The quantitative estimate of drug-likeness (QED) is 0.765. The largest absolute Gasteiger partial charge is 0.312 e. The molecule has 2 unspecified atom stereocenters.